The molecule has 26 heavy (non-hydrogen) atoms. The Morgan fingerprint density at radius 1 is 1.12 bits per heavy atom. The van der Waals surface area contributed by atoms with E-state index in [2.05, 4.69) is 5.32 Å². The third kappa shape index (κ3) is 3.18. The molecule has 1 heterocycles. The molecule has 0 spiro atoms. The fourth-order valence-electron chi connectivity index (χ4n) is 3.64. The Bertz CT molecular complexity index is 706. The highest BCUT2D eigenvalue weighted by atomic mass is 16.7. The summed E-state index contributed by atoms with van der Waals surface area (Å²) in [5.41, 5.74) is -0.936. The van der Waals surface area contributed by atoms with Crippen LogP contribution in [0.2, 0.25) is 0 Å². The zero-order valence-corrected chi connectivity index (χ0v) is 14.8. The average molecular weight is 361 g/mol. The van der Waals surface area contributed by atoms with Crippen LogP contribution in [0.1, 0.15) is 38.5 Å². The van der Waals surface area contributed by atoms with Gasteiger partial charge in [0.05, 0.1) is 13.2 Å². The molecular weight excluding hydrogens is 338 g/mol. The second kappa shape index (κ2) is 6.70. The number of carbonyl (C=O) groups is 2. The normalized spacial score (nSPS) is 25.3. The molecule has 0 saturated heterocycles. The first-order valence-electron chi connectivity index (χ1n) is 9.06. The lowest BCUT2D eigenvalue weighted by Gasteiger charge is -2.30. The fourth-order valence-corrected chi connectivity index (χ4v) is 3.64. The zero-order chi connectivity index (χ0) is 18.1. The minimum absolute atomic E-state index is 0.0845. The van der Waals surface area contributed by atoms with Crippen LogP contribution < -0.4 is 19.5 Å². The van der Waals surface area contributed by atoms with E-state index in [1.807, 2.05) is 18.2 Å². The summed E-state index contributed by atoms with van der Waals surface area (Å²) < 4.78 is 21.5. The van der Waals surface area contributed by atoms with Crippen molar-refractivity contribution in [2.45, 2.75) is 50.7 Å². The van der Waals surface area contributed by atoms with Crippen LogP contribution in [-0.2, 0) is 14.3 Å². The fraction of sp³-hybridized carbons (Fsp3) is 0.579. The van der Waals surface area contributed by atoms with Gasteiger partial charge in [-0.3, -0.25) is 9.59 Å². The van der Waals surface area contributed by atoms with E-state index in [1.54, 1.807) is 0 Å². The number of carbonyl (C=O) groups excluding carboxylic acids is 2. The van der Waals surface area contributed by atoms with E-state index >= 15 is 0 Å². The molecular formula is C19H23NO6. The molecule has 1 aromatic carbocycles. The molecule has 3 aliphatic rings. The number of esters is 1. The second-order valence-electron chi connectivity index (χ2n) is 7.15. The van der Waals surface area contributed by atoms with E-state index < -0.39 is 11.4 Å². The van der Waals surface area contributed by atoms with Gasteiger partial charge >= 0.3 is 5.97 Å². The second-order valence-corrected chi connectivity index (χ2v) is 7.15. The Morgan fingerprint density at radius 3 is 2.54 bits per heavy atom. The maximum absolute atomic E-state index is 12.4. The van der Waals surface area contributed by atoms with Crippen molar-refractivity contribution in [2.24, 2.45) is 5.41 Å². The Labute approximate surface area is 151 Å². The summed E-state index contributed by atoms with van der Waals surface area (Å²) in [5.74, 6) is 1.60. The number of amides is 1. The molecule has 1 N–H and O–H groups in total. The number of benzene rings is 1. The summed E-state index contributed by atoms with van der Waals surface area (Å²) >= 11 is 0. The molecule has 4 rings (SSSR count). The summed E-state index contributed by atoms with van der Waals surface area (Å²) in [4.78, 5) is 24.2. The third-order valence-corrected chi connectivity index (χ3v) is 5.42. The molecule has 1 amide bonds. The lowest BCUT2D eigenvalue weighted by Crippen LogP contribution is -2.45. The Kier molecular flexibility index (Phi) is 4.38. The van der Waals surface area contributed by atoms with Crippen LogP contribution in [0.15, 0.2) is 18.2 Å². The molecule has 2 aliphatic carbocycles. The van der Waals surface area contributed by atoms with Gasteiger partial charge in [0.2, 0.25) is 12.7 Å². The molecule has 1 aromatic rings. The summed E-state index contributed by atoms with van der Waals surface area (Å²) in [7, 11) is 1.33. The molecule has 1 aliphatic heterocycles. The molecule has 0 bridgehead atoms. The van der Waals surface area contributed by atoms with Crippen molar-refractivity contribution < 1.29 is 28.5 Å². The Morgan fingerprint density at radius 2 is 1.85 bits per heavy atom. The first-order chi connectivity index (χ1) is 12.6. The third-order valence-electron chi connectivity index (χ3n) is 5.42. The van der Waals surface area contributed by atoms with Crippen LogP contribution in [0.3, 0.4) is 0 Å². The molecule has 2 saturated carbocycles. The van der Waals surface area contributed by atoms with Crippen LogP contribution in [0, 0.1) is 5.41 Å². The highest BCUT2D eigenvalue weighted by molar-refractivity contribution is 6.05. The van der Waals surface area contributed by atoms with Gasteiger partial charge in [0.1, 0.15) is 11.2 Å². The van der Waals surface area contributed by atoms with Crippen molar-refractivity contribution >= 4 is 11.9 Å². The maximum atomic E-state index is 12.4. The molecule has 0 unspecified atom stereocenters. The van der Waals surface area contributed by atoms with Gasteiger partial charge in [0, 0.05) is 12.1 Å². The van der Waals surface area contributed by atoms with E-state index in [0.29, 0.717) is 18.6 Å². The number of fused-ring (bicyclic) bond motifs is 1. The number of methoxy groups -OCH3 is 1. The van der Waals surface area contributed by atoms with E-state index in [-0.39, 0.29) is 24.8 Å². The molecule has 7 nitrogen and oxygen atoms in total. The van der Waals surface area contributed by atoms with Crippen LogP contribution in [-0.4, -0.2) is 37.9 Å². The maximum Gasteiger partial charge on any atom is 0.321 e. The van der Waals surface area contributed by atoms with Gasteiger partial charge in [-0.15, -0.1) is 0 Å². The molecule has 140 valence electrons. The van der Waals surface area contributed by atoms with E-state index in [4.69, 9.17) is 18.9 Å². The van der Waals surface area contributed by atoms with Crippen molar-refractivity contribution in [3.8, 4) is 17.2 Å². The van der Waals surface area contributed by atoms with Crippen molar-refractivity contribution in [3.63, 3.8) is 0 Å². The van der Waals surface area contributed by atoms with Gasteiger partial charge in [-0.2, -0.15) is 0 Å². The van der Waals surface area contributed by atoms with E-state index in [1.165, 1.54) is 7.11 Å². The van der Waals surface area contributed by atoms with Gasteiger partial charge in [0.25, 0.3) is 0 Å². The predicted octanol–water partition coefficient (Wildman–Crippen LogP) is 2.17. The molecule has 0 aromatic heterocycles. The van der Waals surface area contributed by atoms with Crippen molar-refractivity contribution in [1.29, 1.82) is 0 Å². The molecule has 0 atom stereocenters. The first-order valence-corrected chi connectivity index (χ1v) is 9.06. The smallest absolute Gasteiger partial charge is 0.321 e. The van der Waals surface area contributed by atoms with Crippen molar-refractivity contribution in [2.75, 3.05) is 13.9 Å². The zero-order valence-electron chi connectivity index (χ0n) is 14.8. The lowest BCUT2D eigenvalue weighted by atomic mass is 9.92. The van der Waals surface area contributed by atoms with E-state index in [9.17, 15) is 9.59 Å². The number of hydrogen-bond acceptors (Lipinski definition) is 6. The van der Waals surface area contributed by atoms with Gasteiger partial charge in [-0.25, -0.2) is 0 Å². The molecule has 2 fully saturated rings. The van der Waals surface area contributed by atoms with Gasteiger partial charge in [0.15, 0.2) is 11.5 Å². The van der Waals surface area contributed by atoms with Crippen LogP contribution >= 0.6 is 0 Å². The largest absolute Gasteiger partial charge is 0.490 e. The lowest BCUT2D eigenvalue weighted by molar-refractivity contribution is -0.152. The summed E-state index contributed by atoms with van der Waals surface area (Å²) in [6, 6.07) is 5.67. The van der Waals surface area contributed by atoms with Crippen molar-refractivity contribution in [3.05, 3.63) is 18.2 Å². The molecule has 7 heteroatoms. The number of nitrogens with one attached hydrogen (secondary N) is 1. The van der Waals surface area contributed by atoms with Crippen LogP contribution in [0.25, 0.3) is 0 Å². The number of rotatable bonds is 5. The minimum atomic E-state index is -0.936. The highest BCUT2D eigenvalue weighted by Gasteiger charge is 2.58. The SMILES string of the molecule is COC(=O)C1(C(=O)NC2CCC(Oc3ccc4c(c3)OCO4)CC2)CC1. The standard InChI is InChI=1S/C19H23NO6/c1-23-18(22)19(8-9-19)17(21)20-12-2-4-13(5-3-12)26-14-6-7-15-16(10-14)25-11-24-15/h6-7,10,12-13H,2-5,8-9,11H2,1H3,(H,20,21). The van der Waals surface area contributed by atoms with Crippen molar-refractivity contribution in [1.82, 2.24) is 5.32 Å². The van der Waals surface area contributed by atoms with Gasteiger partial charge in [-0.05, 0) is 50.7 Å². The summed E-state index contributed by atoms with van der Waals surface area (Å²) in [6.07, 6.45) is 4.63. The van der Waals surface area contributed by atoms with E-state index in [0.717, 1.165) is 37.2 Å². The number of hydrogen-bond donors (Lipinski definition) is 1. The summed E-state index contributed by atoms with van der Waals surface area (Å²) in [6.45, 7) is 0.247. The van der Waals surface area contributed by atoms with Crippen LogP contribution in [0.5, 0.6) is 17.2 Å². The number of ether oxygens (including phenoxy) is 4. The van der Waals surface area contributed by atoms with Gasteiger partial charge in [-0.1, -0.05) is 0 Å². The quantitative estimate of drug-likeness (QED) is 0.639. The summed E-state index contributed by atoms with van der Waals surface area (Å²) in [5, 5.41) is 3.02. The average Bonchev–Trinajstić information content (AvgIpc) is 3.35. The Hall–Kier alpha value is -2.44. The minimum Gasteiger partial charge on any atom is -0.490 e. The topological polar surface area (TPSA) is 83.1 Å². The van der Waals surface area contributed by atoms with Gasteiger partial charge < -0.3 is 24.3 Å². The Balaban J connectivity index is 1.27. The predicted molar refractivity (Wildman–Crippen MR) is 91.1 cm³/mol. The monoisotopic (exact) mass is 361 g/mol. The first kappa shape index (κ1) is 17.0. The highest BCUT2D eigenvalue weighted by Crippen LogP contribution is 2.47. The van der Waals surface area contributed by atoms with Crippen LogP contribution in [0.4, 0.5) is 0 Å². The molecule has 0 radical (unpaired) electrons.